The lowest BCUT2D eigenvalue weighted by molar-refractivity contribution is -0.127. The Kier molecular flexibility index (Phi) is 4.50. The number of rotatable bonds is 3. The number of carbonyl (C=O) groups is 2. The van der Waals surface area contributed by atoms with Crippen molar-refractivity contribution >= 4 is 23.2 Å². The number of anilines is 2. The fraction of sp³-hybridized carbons (Fsp3) is 0.182. The van der Waals surface area contributed by atoms with Gasteiger partial charge in [0, 0.05) is 11.6 Å². The Morgan fingerprint density at radius 3 is 2.41 bits per heavy atom. The van der Waals surface area contributed by atoms with E-state index in [4.69, 9.17) is 0 Å². The number of hydrogen-bond donors (Lipinski definition) is 1. The van der Waals surface area contributed by atoms with Gasteiger partial charge in [-0.1, -0.05) is 42.5 Å². The van der Waals surface area contributed by atoms with Crippen molar-refractivity contribution in [2.24, 2.45) is 0 Å². The first-order valence-corrected chi connectivity index (χ1v) is 9.25. The van der Waals surface area contributed by atoms with Crippen molar-refractivity contribution in [3.63, 3.8) is 0 Å². The van der Waals surface area contributed by atoms with E-state index in [0.29, 0.717) is 17.1 Å². The second-order valence-corrected chi connectivity index (χ2v) is 7.34. The highest BCUT2D eigenvalue weighted by Gasteiger charge is 2.43. The normalized spacial score (nSPS) is 14.8. The minimum atomic E-state index is -1.11. The third-order valence-corrected chi connectivity index (χ3v) is 4.98. The summed E-state index contributed by atoms with van der Waals surface area (Å²) >= 11 is 0. The van der Waals surface area contributed by atoms with Crippen LogP contribution in [0.15, 0.2) is 71.5 Å². The highest BCUT2D eigenvalue weighted by molar-refractivity contribution is 6.14. The number of carbonyl (C=O) groups excluding carboxylic acids is 2. The van der Waals surface area contributed by atoms with Crippen LogP contribution in [-0.2, 0) is 16.1 Å². The van der Waals surface area contributed by atoms with Crippen LogP contribution in [0.25, 0.3) is 11.3 Å². The molecule has 0 aliphatic carbocycles. The molecule has 0 bridgehead atoms. The Hall–Kier alpha value is -3.74. The second-order valence-electron chi connectivity index (χ2n) is 7.34. The summed E-state index contributed by atoms with van der Waals surface area (Å²) < 4.78 is 1.13. The number of nitrogens with one attached hydrogen (secondary N) is 1. The molecule has 0 radical (unpaired) electrons. The molecule has 2 heterocycles. The van der Waals surface area contributed by atoms with E-state index < -0.39 is 11.4 Å². The molecule has 146 valence electrons. The monoisotopic (exact) mass is 388 g/mol. The van der Waals surface area contributed by atoms with Crippen molar-refractivity contribution in [1.29, 1.82) is 0 Å². The molecule has 0 saturated heterocycles. The van der Waals surface area contributed by atoms with Gasteiger partial charge in [0.1, 0.15) is 12.1 Å². The van der Waals surface area contributed by atoms with Crippen LogP contribution in [0.2, 0.25) is 0 Å². The molecule has 29 heavy (non-hydrogen) atoms. The molecule has 1 aliphatic rings. The van der Waals surface area contributed by atoms with Crippen LogP contribution < -0.4 is 15.8 Å². The second kappa shape index (κ2) is 7.01. The van der Waals surface area contributed by atoms with Crippen LogP contribution in [0, 0.1) is 0 Å². The van der Waals surface area contributed by atoms with E-state index in [1.165, 1.54) is 11.0 Å². The SMILES string of the molecule is CC1(C)C(=O)Nc2ccccc2N1C(=O)Cn1nc(-c2ccccc2)ccc1=O. The zero-order valence-corrected chi connectivity index (χ0v) is 16.1. The maximum atomic E-state index is 13.2. The van der Waals surface area contributed by atoms with Crippen molar-refractivity contribution in [1.82, 2.24) is 9.78 Å². The summed E-state index contributed by atoms with van der Waals surface area (Å²) in [5, 5.41) is 7.18. The van der Waals surface area contributed by atoms with Crippen molar-refractivity contribution in [3.8, 4) is 11.3 Å². The number of aromatic nitrogens is 2. The largest absolute Gasteiger partial charge is 0.322 e. The van der Waals surface area contributed by atoms with Crippen LogP contribution in [0.3, 0.4) is 0 Å². The van der Waals surface area contributed by atoms with Crippen molar-refractivity contribution < 1.29 is 9.59 Å². The van der Waals surface area contributed by atoms with E-state index in [0.717, 1.165) is 10.2 Å². The molecule has 0 saturated carbocycles. The molecular formula is C22H20N4O3. The standard InChI is InChI=1S/C22H20N4O3/c1-22(2)21(29)23-17-10-6-7-11-18(17)26(22)20(28)14-25-19(27)13-12-16(24-25)15-8-4-3-5-9-15/h3-13H,14H2,1-2H3,(H,23,29). The molecule has 7 heteroatoms. The van der Waals surface area contributed by atoms with E-state index >= 15 is 0 Å². The summed E-state index contributed by atoms with van der Waals surface area (Å²) in [6.45, 7) is 3.07. The van der Waals surface area contributed by atoms with E-state index in [1.807, 2.05) is 30.3 Å². The maximum Gasteiger partial charge on any atom is 0.267 e. The Balaban J connectivity index is 1.71. The molecule has 0 fully saturated rings. The van der Waals surface area contributed by atoms with E-state index in [9.17, 15) is 14.4 Å². The molecule has 0 spiro atoms. The molecule has 2 aromatic carbocycles. The van der Waals surface area contributed by atoms with Gasteiger partial charge in [-0.2, -0.15) is 5.10 Å². The van der Waals surface area contributed by atoms with Crippen LogP contribution >= 0.6 is 0 Å². The zero-order chi connectivity index (χ0) is 20.6. The average Bonchev–Trinajstić information content (AvgIpc) is 2.71. The lowest BCUT2D eigenvalue weighted by Crippen LogP contribution is -2.59. The number of nitrogens with zero attached hydrogens (tertiary/aromatic N) is 3. The number of fused-ring (bicyclic) bond motifs is 1. The number of amides is 2. The number of benzene rings is 2. The molecule has 1 N–H and O–H groups in total. The molecule has 1 aliphatic heterocycles. The summed E-state index contributed by atoms with van der Waals surface area (Å²) in [6, 6.07) is 19.5. The minimum absolute atomic E-state index is 0.273. The third-order valence-electron chi connectivity index (χ3n) is 4.98. The molecule has 7 nitrogen and oxygen atoms in total. The summed E-state index contributed by atoms with van der Waals surface area (Å²) in [5.74, 6) is -0.681. The van der Waals surface area contributed by atoms with E-state index in [2.05, 4.69) is 10.4 Å². The highest BCUT2D eigenvalue weighted by Crippen LogP contribution is 2.36. The predicted octanol–water partition coefficient (Wildman–Crippen LogP) is 2.67. The zero-order valence-electron chi connectivity index (χ0n) is 16.1. The van der Waals surface area contributed by atoms with Gasteiger partial charge in [-0.3, -0.25) is 19.3 Å². The number of para-hydroxylation sites is 2. The number of hydrogen-bond acceptors (Lipinski definition) is 4. The smallest absolute Gasteiger partial charge is 0.267 e. The van der Waals surface area contributed by atoms with Crippen LogP contribution in [0.1, 0.15) is 13.8 Å². The maximum absolute atomic E-state index is 13.2. The van der Waals surface area contributed by atoms with Crippen LogP contribution in [0.5, 0.6) is 0 Å². The predicted molar refractivity (Wildman–Crippen MR) is 111 cm³/mol. The molecule has 0 unspecified atom stereocenters. The third kappa shape index (κ3) is 3.31. The van der Waals surface area contributed by atoms with Gasteiger partial charge in [-0.05, 0) is 32.0 Å². The van der Waals surface area contributed by atoms with Gasteiger partial charge in [0.25, 0.3) is 5.56 Å². The summed E-state index contributed by atoms with van der Waals surface area (Å²) in [6.07, 6.45) is 0. The summed E-state index contributed by atoms with van der Waals surface area (Å²) in [5.41, 5.74) is 1.10. The van der Waals surface area contributed by atoms with Gasteiger partial charge < -0.3 is 5.32 Å². The van der Waals surface area contributed by atoms with Crippen LogP contribution in [0.4, 0.5) is 11.4 Å². The Morgan fingerprint density at radius 2 is 1.66 bits per heavy atom. The first-order valence-electron chi connectivity index (χ1n) is 9.25. The molecule has 2 amide bonds. The Labute approximate surface area is 167 Å². The van der Waals surface area contributed by atoms with Crippen LogP contribution in [-0.4, -0.2) is 27.1 Å². The lowest BCUT2D eigenvalue weighted by atomic mass is 9.96. The van der Waals surface area contributed by atoms with E-state index in [1.54, 1.807) is 44.2 Å². The van der Waals surface area contributed by atoms with Gasteiger partial charge in [-0.15, -0.1) is 0 Å². The van der Waals surface area contributed by atoms with Gasteiger partial charge in [0.15, 0.2) is 0 Å². The van der Waals surface area contributed by atoms with Gasteiger partial charge in [0.2, 0.25) is 11.8 Å². The van der Waals surface area contributed by atoms with E-state index in [-0.39, 0.29) is 18.0 Å². The summed E-state index contributed by atoms with van der Waals surface area (Å²) in [7, 11) is 0. The Bertz CT molecular complexity index is 1150. The summed E-state index contributed by atoms with van der Waals surface area (Å²) in [4.78, 5) is 39.6. The minimum Gasteiger partial charge on any atom is -0.322 e. The molecule has 1 aromatic heterocycles. The molecular weight excluding hydrogens is 368 g/mol. The topological polar surface area (TPSA) is 84.3 Å². The fourth-order valence-electron chi connectivity index (χ4n) is 3.42. The van der Waals surface area contributed by atoms with Crippen molar-refractivity contribution in [3.05, 3.63) is 77.1 Å². The quantitative estimate of drug-likeness (QED) is 0.748. The first-order chi connectivity index (χ1) is 13.9. The van der Waals surface area contributed by atoms with Crippen molar-refractivity contribution in [2.45, 2.75) is 25.9 Å². The molecule has 3 aromatic rings. The first kappa shape index (κ1) is 18.6. The van der Waals surface area contributed by atoms with Crippen molar-refractivity contribution in [2.75, 3.05) is 10.2 Å². The van der Waals surface area contributed by atoms with Gasteiger partial charge >= 0.3 is 0 Å². The van der Waals surface area contributed by atoms with Gasteiger partial charge in [-0.25, -0.2) is 4.68 Å². The Morgan fingerprint density at radius 1 is 0.966 bits per heavy atom. The average molecular weight is 388 g/mol. The molecule has 4 rings (SSSR count). The van der Waals surface area contributed by atoms with Gasteiger partial charge in [0.05, 0.1) is 17.1 Å². The fourth-order valence-corrected chi connectivity index (χ4v) is 3.42. The molecule has 0 atom stereocenters. The lowest BCUT2D eigenvalue weighted by Gasteiger charge is -2.42. The highest BCUT2D eigenvalue weighted by atomic mass is 16.2.